The van der Waals surface area contributed by atoms with Crippen LogP contribution in [-0.2, 0) is 6.54 Å². The molecule has 0 N–H and O–H groups in total. The van der Waals surface area contributed by atoms with E-state index in [4.69, 9.17) is 9.26 Å². The van der Waals surface area contributed by atoms with Gasteiger partial charge in [0.2, 0.25) is 0 Å². The van der Waals surface area contributed by atoms with Gasteiger partial charge in [-0.25, -0.2) is 9.97 Å². The van der Waals surface area contributed by atoms with Crippen molar-refractivity contribution >= 4 is 0 Å². The number of piperidine rings is 1. The topological polar surface area (TPSA) is 64.3 Å². The molecule has 2 aromatic rings. The summed E-state index contributed by atoms with van der Waals surface area (Å²) in [6.07, 6.45) is 7.49. The first-order chi connectivity index (χ1) is 10.3. The minimum absolute atomic E-state index is 0.472. The molecule has 112 valence electrons. The maximum atomic E-state index is 5.64. The van der Waals surface area contributed by atoms with Crippen molar-refractivity contribution in [3.05, 3.63) is 36.0 Å². The normalized spacial score (nSPS) is 17.0. The standard InChI is InChI=1S/C15H20N4O2/c1-12-14(9-18-21-12)10-19-7-3-13(4-8-19)11-20-15-16-5-2-6-17-15/h2,5-6,9,13H,3-4,7-8,10-11H2,1H3. The molecule has 3 rings (SSSR count). The second kappa shape index (κ2) is 6.67. The summed E-state index contributed by atoms with van der Waals surface area (Å²) in [5, 5.41) is 3.83. The minimum Gasteiger partial charge on any atom is -0.463 e. The number of hydrogen-bond acceptors (Lipinski definition) is 6. The maximum Gasteiger partial charge on any atom is 0.316 e. The van der Waals surface area contributed by atoms with Crippen LogP contribution in [0, 0.1) is 12.8 Å². The molecular weight excluding hydrogens is 268 g/mol. The van der Waals surface area contributed by atoms with Gasteiger partial charge in [0.25, 0.3) is 0 Å². The van der Waals surface area contributed by atoms with E-state index in [9.17, 15) is 0 Å². The molecule has 6 heteroatoms. The lowest BCUT2D eigenvalue weighted by Gasteiger charge is -2.31. The summed E-state index contributed by atoms with van der Waals surface area (Å²) in [4.78, 5) is 10.6. The molecule has 0 unspecified atom stereocenters. The van der Waals surface area contributed by atoms with Gasteiger partial charge in [-0.05, 0) is 44.8 Å². The van der Waals surface area contributed by atoms with E-state index in [0.29, 0.717) is 18.5 Å². The predicted molar refractivity (Wildman–Crippen MR) is 76.8 cm³/mol. The van der Waals surface area contributed by atoms with Gasteiger partial charge >= 0.3 is 6.01 Å². The molecule has 0 bridgehead atoms. The van der Waals surface area contributed by atoms with Crippen molar-refractivity contribution in [1.29, 1.82) is 0 Å². The Labute approximate surface area is 124 Å². The van der Waals surface area contributed by atoms with Crippen LogP contribution in [0.15, 0.2) is 29.2 Å². The SMILES string of the molecule is Cc1oncc1CN1CCC(COc2ncccn2)CC1. The Morgan fingerprint density at radius 2 is 2.05 bits per heavy atom. The van der Waals surface area contributed by atoms with Crippen LogP contribution in [0.25, 0.3) is 0 Å². The highest BCUT2D eigenvalue weighted by Crippen LogP contribution is 2.20. The van der Waals surface area contributed by atoms with Crippen LogP contribution in [0.3, 0.4) is 0 Å². The van der Waals surface area contributed by atoms with Crippen LogP contribution in [-0.4, -0.2) is 39.7 Å². The van der Waals surface area contributed by atoms with Gasteiger partial charge in [-0.1, -0.05) is 5.16 Å². The van der Waals surface area contributed by atoms with E-state index in [1.807, 2.05) is 13.1 Å². The maximum absolute atomic E-state index is 5.64. The molecule has 6 nitrogen and oxygen atoms in total. The Morgan fingerprint density at radius 1 is 1.29 bits per heavy atom. The Kier molecular flexibility index (Phi) is 4.45. The van der Waals surface area contributed by atoms with E-state index in [0.717, 1.165) is 38.2 Å². The fourth-order valence-electron chi connectivity index (χ4n) is 2.58. The Balaban J connectivity index is 1.42. The molecular formula is C15H20N4O2. The molecule has 0 aliphatic carbocycles. The summed E-state index contributed by atoms with van der Waals surface area (Å²) in [7, 11) is 0. The highest BCUT2D eigenvalue weighted by atomic mass is 16.5. The fourth-order valence-corrected chi connectivity index (χ4v) is 2.58. The average molecular weight is 288 g/mol. The largest absolute Gasteiger partial charge is 0.463 e. The smallest absolute Gasteiger partial charge is 0.316 e. The van der Waals surface area contributed by atoms with Crippen molar-refractivity contribution in [1.82, 2.24) is 20.0 Å². The van der Waals surface area contributed by atoms with E-state index in [2.05, 4.69) is 20.0 Å². The summed E-state index contributed by atoms with van der Waals surface area (Å²) in [5.41, 5.74) is 1.18. The van der Waals surface area contributed by atoms with Gasteiger partial charge in [0.15, 0.2) is 0 Å². The number of rotatable bonds is 5. The third kappa shape index (κ3) is 3.78. The highest BCUT2D eigenvalue weighted by Gasteiger charge is 2.21. The Hall–Kier alpha value is -1.95. The summed E-state index contributed by atoms with van der Waals surface area (Å²) in [5.74, 6) is 1.50. The quantitative estimate of drug-likeness (QED) is 0.839. The third-order valence-corrected chi connectivity index (χ3v) is 3.94. The first-order valence-electron chi connectivity index (χ1n) is 7.33. The Bertz CT molecular complexity index is 550. The van der Waals surface area contributed by atoms with E-state index in [1.54, 1.807) is 18.5 Å². The molecule has 0 radical (unpaired) electrons. The van der Waals surface area contributed by atoms with E-state index in [-0.39, 0.29) is 0 Å². The van der Waals surface area contributed by atoms with Gasteiger partial charge in [0, 0.05) is 24.5 Å². The van der Waals surface area contributed by atoms with Crippen molar-refractivity contribution in [2.45, 2.75) is 26.3 Å². The second-order valence-electron chi connectivity index (χ2n) is 5.47. The number of nitrogens with zero attached hydrogens (tertiary/aromatic N) is 4. The molecule has 21 heavy (non-hydrogen) atoms. The van der Waals surface area contributed by atoms with E-state index in [1.165, 1.54) is 5.56 Å². The molecule has 0 atom stereocenters. The van der Waals surface area contributed by atoms with Gasteiger partial charge in [0.1, 0.15) is 5.76 Å². The first kappa shape index (κ1) is 14.0. The summed E-state index contributed by atoms with van der Waals surface area (Å²) in [6, 6.07) is 2.26. The summed E-state index contributed by atoms with van der Waals surface area (Å²) >= 11 is 0. The van der Waals surface area contributed by atoms with E-state index < -0.39 is 0 Å². The first-order valence-corrected chi connectivity index (χ1v) is 7.33. The minimum atomic E-state index is 0.472. The van der Waals surface area contributed by atoms with Gasteiger partial charge in [0.05, 0.1) is 12.8 Å². The Morgan fingerprint density at radius 3 is 2.71 bits per heavy atom. The number of ether oxygens (including phenoxy) is 1. The predicted octanol–water partition coefficient (Wildman–Crippen LogP) is 2.06. The van der Waals surface area contributed by atoms with Crippen LogP contribution in [0.1, 0.15) is 24.2 Å². The average Bonchev–Trinajstić information content (AvgIpc) is 2.93. The molecule has 1 aliphatic heterocycles. The van der Waals surface area contributed by atoms with Crippen LogP contribution >= 0.6 is 0 Å². The molecule has 0 amide bonds. The van der Waals surface area contributed by atoms with Gasteiger partial charge in [-0.15, -0.1) is 0 Å². The van der Waals surface area contributed by atoms with Crippen LogP contribution < -0.4 is 4.74 Å². The zero-order valence-electron chi connectivity index (χ0n) is 12.2. The van der Waals surface area contributed by atoms with Crippen molar-refractivity contribution in [3.63, 3.8) is 0 Å². The van der Waals surface area contributed by atoms with Gasteiger partial charge in [-0.3, -0.25) is 4.90 Å². The number of aryl methyl sites for hydroxylation is 1. The summed E-state index contributed by atoms with van der Waals surface area (Å²) < 4.78 is 10.7. The molecule has 0 aromatic carbocycles. The molecule has 1 fully saturated rings. The lowest BCUT2D eigenvalue weighted by Crippen LogP contribution is -2.35. The summed E-state index contributed by atoms with van der Waals surface area (Å²) in [6.45, 7) is 5.74. The zero-order valence-corrected chi connectivity index (χ0v) is 12.2. The lowest BCUT2D eigenvalue weighted by molar-refractivity contribution is 0.131. The molecule has 1 aliphatic rings. The monoisotopic (exact) mass is 288 g/mol. The number of likely N-dealkylation sites (tertiary alicyclic amines) is 1. The van der Waals surface area contributed by atoms with Crippen LogP contribution in [0.5, 0.6) is 6.01 Å². The molecule has 3 heterocycles. The van der Waals surface area contributed by atoms with Crippen LogP contribution in [0.2, 0.25) is 0 Å². The molecule has 1 saturated heterocycles. The molecule has 2 aromatic heterocycles. The van der Waals surface area contributed by atoms with Crippen molar-refractivity contribution < 1.29 is 9.26 Å². The van der Waals surface area contributed by atoms with Gasteiger partial charge in [-0.2, -0.15) is 0 Å². The van der Waals surface area contributed by atoms with Crippen molar-refractivity contribution in [3.8, 4) is 6.01 Å². The third-order valence-electron chi connectivity index (χ3n) is 3.94. The van der Waals surface area contributed by atoms with Gasteiger partial charge < -0.3 is 9.26 Å². The molecule has 0 spiro atoms. The fraction of sp³-hybridized carbons (Fsp3) is 0.533. The van der Waals surface area contributed by atoms with Crippen molar-refractivity contribution in [2.75, 3.05) is 19.7 Å². The van der Waals surface area contributed by atoms with Crippen molar-refractivity contribution in [2.24, 2.45) is 5.92 Å². The zero-order chi connectivity index (χ0) is 14.5. The second-order valence-corrected chi connectivity index (χ2v) is 5.47. The van der Waals surface area contributed by atoms with E-state index >= 15 is 0 Å². The number of hydrogen-bond donors (Lipinski definition) is 0. The lowest BCUT2D eigenvalue weighted by atomic mass is 9.97. The molecule has 0 saturated carbocycles. The highest BCUT2D eigenvalue weighted by molar-refractivity contribution is 5.11. The number of aromatic nitrogens is 3. The van der Waals surface area contributed by atoms with Crippen LogP contribution in [0.4, 0.5) is 0 Å².